The lowest BCUT2D eigenvalue weighted by Crippen LogP contribution is -1.82. The molecule has 1 radical (unpaired) electrons. The second-order valence-corrected chi connectivity index (χ2v) is 1.48. The van der Waals surface area contributed by atoms with Crippen LogP contribution in [-0.2, 0) is 0 Å². The van der Waals surface area contributed by atoms with Gasteiger partial charge in [0.1, 0.15) is 5.75 Å². The Morgan fingerprint density at radius 1 is 1.62 bits per heavy atom. The molecule has 0 saturated carbocycles. The molecule has 41 valence electrons. The monoisotopic (exact) mass is 108 g/mol. The zero-order valence-corrected chi connectivity index (χ0v) is 4.26. The fourth-order valence-electron chi connectivity index (χ4n) is 0.434. The van der Waals surface area contributed by atoms with Crippen LogP contribution in [0.4, 0.5) is 5.69 Å². The predicted octanol–water partition coefficient (Wildman–Crippen LogP) is 0.775. The van der Waals surface area contributed by atoms with Crippen molar-refractivity contribution < 1.29 is 5.11 Å². The molecule has 0 aromatic heterocycles. The van der Waals surface area contributed by atoms with Crippen LogP contribution in [0.1, 0.15) is 0 Å². The molecule has 0 unspecified atom stereocenters. The van der Waals surface area contributed by atoms with Gasteiger partial charge < -0.3 is 10.8 Å². The van der Waals surface area contributed by atoms with Gasteiger partial charge in [0, 0.05) is 0 Å². The van der Waals surface area contributed by atoms with Gasteiger partial charge in [-0.05, 0) is 18.2 Å². The maximum absolute atomic E-state index is 8.76. The summed E-state index contributed by atoms with van der Waals surface area (Å²) < 4.78 is 0. The molecule has 0 aliphatic rings. The van der Waals surface area contributed by atoms with Gasteiger partial charge in [-0.2, -0.15) is 0 Å². The van der Waals surface area contributed by atoms with Crippen molar-refractivity contribution in [3.63, 3.8) is 0 Å². The standard InChI is InChI=1S/C6H6NO/c7-5-3-1-2-4-6(5)8/h1,3-4,8H,7H2. The molecule has 0 amide bonds. The molecule has 0 aliphatic carbocycles. The highest BCUT2D eigenvalue weighted by Gasteiger charge is 1.88. The molecule has 1 aromatic carbocycles. The summed E-state index contributed by atoms with van der Waals surface area (Å²) in [6.45, 7) is 0. The van der Waals surface area contributed by atoms with Crippen molar-refractivity contribution >= 4 is 5.69 Å². The van der Waals surface area contributed by atoms with Crippen molar-refractivity contribution in [2.24, 2.45) is 0 Å². The molecule has 8 heavy (non-hydrogen) atoms. The SMILES string of the molecule is Nc1cc[c]cc1O. The van der Waals surface area contributed by atoms with Gasteiger partial charge in [0.25, 0.3) is 0 Å². The average molecular weight is 108 g/mol. The van der Waals surface area contributed by atoms with Crippen LogP contribution in [0.5, 0.6) is 5.75 Å². The summed E-state index contributed by atoms with van der Waals surface area (Å²) in [5, 5.41) is 8.76. The summed E-state index contributed by atoms with van der Waals surface area (Å²) >= 11 is 0. The van der Waals surface area contributed by atoms with Crippen molar-refractivity contribution in [1.82, 2.24) is 0 Å². The summed E-state index contributed by atoms with van der Waals surface area (Å²) in [4.78, 5) is 0. The fraction of sp³-hybridized carbons (Fsp3) is 0. The van der Waals surface area contributed by atoms with Crippen molar-refractivity contribution in [1.29, 1.82) is 0 Å². The smallest absolute Gasteiger partial charge is 0.139 e. The maximum atomic E-state index is 8.76. The molecule has 0 fully saturated rings. The number of rotatable bonds is 0. The summed E-state index contributed by atoms with van der Waals surface area (Å²) in [6, 6.07) is 7.34. The van der Waals surface area contributed by atoms with E-state index in [1.807, 2.05) is 0 Å². The molecule has 1 aromatic rings. The van der Waals surface area contributed by atoms with Crippen LogP contribution >= 0.6 is 0 Å². The molecule has 2 heteroatoms. The van der Waals surface area contributed by atoms with E-state index in [2.05, 4.69) is 6.07 Å². The molecular formula is C6H6NO. The quantitative estimate of drug-likeness (QED) is 0.381. The van der Waals surface area contributed by atoms with Crippen molar-refractivity contribution in [2.45, 2.75) is 0 Å². The second-order valence-electron chi connectivity index (χ2n) is 1.48. The third kappa shape index (κ3) is 0.729. The van der Waals surface area contributed by atoms with Gasteiger partial charge in [0.05, 0.1) is 5.69 Å². The van der Waals surface area contributed by atoms with E-state index in [9.17, 15) is 0 Å². The molecule has 0 heterocycles. The van der Waals surface area contributed by atoms with Crippen LogP contribution in [0.3, 0.4) is 0 Å². The predicted molar refractivity (Wildman–Crippen MR) is 31.4 cm³/mol. The molecular weight excluding hydrogens is 102 g/mol. The first kappa shape index (κ1) is 4.97. The van der Waals surface area contributed by atoms with E-state index in [1.54, 1.807) is 12.1 Å². The van der Waals surface area contributed by atoms with Crippen molar-refractivity contribution in [3.05, 3.63) is 24.3 Å². The molecule has 0 atom stereocenters. The lowest BCUT2D eigenvalue weighted by atomic mass is 10.3. The summed E-state index contributed by atoms with van der Waals surface area (Å²) in [7, 11) is 0. The van der Waals surface area contributed by atoms with Gasteiger partial charge in [0.2, 0.25) is 0 Å². The van der Waals surface area contributed by atoms with Gasteiger partial charge in [-0.25, -0.2) is 0 Å². The van der Waals surface area contributed by atoms with E-state index < -0.39 is 0 Å². The number of phenolic OH excluding ortho intramolecular Hbond substituents is 1. The van der Waals surface area contributed by atoms with Crippen LogP contribution in [-0.4, -0.2) is 5.11 Å². The molecule has 0 bridgehead atoms. The Kier molecular flexibility index (Phi) is 1.08. The number of nitrogen functional groups attached to an aromatic ring is 1. The van der Waals surface area contributed by atoms with E-state index in [0.29, 0.717) is 5.69 Å². The maximum Gasteiger partial charge on any atom is 0.139 e. The van der Waals surface area contributed by atoms with Crippen LogP contribution in [0.2, 0.25) is 0 Å². The Bertz CT molecular complexity index is 165. The molecule has 0 saturated heterocycles. The number of benzene rings is 1. The Morgan fingerprint density at radius 3 is 2.75 bits per heavy atom. The summed E-state index contributed by atoms with van der Waals surface area (Å²) in [6.07, 6.45) is 0. The highest BCUT2D eigenvalue weighted by atomic mass is 16.3. The highest BCUT2D eigenvalue weighted by Crippen LogP contribution is 2.15. The summed E-state index contributed by atoms with van der Waals surface area (Å²) in [5.74, 6) is 0.0903. The van der Waals surface area contributed by atoms with E-state index in [0.717, 1.165) is 0 Å². The van der Waals surface area contributed by atoms with Gasteiger partial charge in [-0.3, -0.25) is 0 Å². The average Bonchev–Trinajstić information content (AvgIpc) is 1.77. The van der Waals surface area contributed by atoms with Crippen molar-refractivity contribution in [3.8, 4) is 5.75 Å². The first-order valence-corrected chi connectivity index (χ1v) is 2.25. The van der Waals surface area contributed by atoms with Gasteiger partial charge in [-0.15, -0.1) is 0 Å². The number of anilines is 1. The Hall–Kier alpha value is -1.18. The fourth-order valence-corrected chi connectivity index (χ4v) is 0.434. The molecule has 0 aliphatic heterocycles. The number of hydrogen-bond donors (Lipinski definition) is 2. The van der Waals surface area contributed by atoms with Gasteiger partial charge >= 0.3 is 0 Å². The largest absolute Gasteiger partial charge is 0.506 e. The van der Waals surface area contributed by atoms with E-state index in [1.165, 1.54) is 6.07 Å². The van der Waals surface area contributed by atoms with Crippen molar-refractivity contribution in [2.75, 3.05) is 5.73 Å². The third-order valence-electron chi connectivity index (χ3n) is 0.875. The van der Waals surface area contributed by atoms with E-state index in [-0.39, 0.29) is 5.75 Å². The number of hydrogen-bond acceptors (Lipinski definition) is 2. The Morgan fingerprint density at radius 2 is 2.38 bits per heavy atom. The summed E-state index contributed by atoms with van der Waals surface area (Å²) in [5.41, 5.74) is 5.64. The number of nitrogens with two attached hydrogens (primary N) is 1. The van der Waals surface area contributed by atoms with Crippen LogP contribution in [0, 0.1) is 6.07 Å². The Labute approximate surface area is 47.6 Å². The minimum atomic E-state index is 0.0903. The van der Waals surface area contributed by atoms with Crippen LogP contribution < -0.4 is 5.73 Å². The topological polar surface area (TPSA) is 46.2 Å². The molecule has 2 nitrogen and oxygen atoms in total. The minimum Gasteiger partial charge on any atom is -0.506 e. The zero-order chi connectivity index (χ0) is 5.98. The first-order chi connectivity index (χ1) is 3.80. The first-order valence-electron chi connectivity index (χ1n) is 2.25. The van der Waals surface area contributed by atoms with E-state index in [4.69, 9.17) is 10.8 Å². The van der Waals surface area contributed by atoms with Gasteiger partial charge in [-0.1, -0.05) is 6.07 Å². The molecule has 1 rings (SSSR count). The Balaban J connectivity index is 3.13. The van der Waals surface area contributed by atoms with E-state index >= 15 is 0 Å². The zero-order valence-electron chi connectivity index (χ0n) is 4.26. The molecule has 0 spiro atoms. The van der Waals surface area contributed by atoms with Gasteiger partial charge in [0.15, 0.2) is 0 Å². The number of phenols is 1. The second kappa shape index (κ2) is 1.74. The van der Waals surface area contributed by atoms with Crippen LogP contribution in [0.25, 0.3) is 0 Å². The lowest BCUT2D eigenvalue weighted by molar-refractivity contribution is 0.478. The molecule has 3 N–H and O–H groups in total. The minimum absolute atomic E-state index is 0.0903. The number of aromatic hydroxyl groups is 1. The lowest BCUT2D eigenvalue weighted by Gasteiger charge is -1.92. The van der Waals surface area contributed by atoms with Crippen LogP contribution in [0.15, 0.2) is 18.2 Å². The third-order valence-corrected chi connectivity index (χ3v) is 0.875. The normalized spacial score (nSPS) is 9.00. The highest BCUT2D eigenvalue weighted by molar-refractivity contribution is 5.50.